The topological polar surface area (TPSA) is 109 Å². The number of aliphatic hydroxyl groups is 1. The third kappa shape index (κ3) is 4.11. The number of nitrogens with one attached hydrogen (secondary N) is 1. The van der Waals surface area contributed by atoms with Crippen LogP contribution in [0.2, 0.25) is 0 Å². The van der Waals surface area contributed by atoms with E-state index in [0.717, 1.165) is 12.1 Å². The largest absolute Gasteiger partial charge is 0.507 e. The maximum atomic E-state index is 14.0. The van der Waals surface area contributed by atoms with Gasteiger partial charge in [-0.25, -0.2) is 4.39 Å². The van der Waals surface area contributed by atoms with Crippen LogP contribution in [0.25, 0.3) is 5.76 Å². The number of anilines is 2. The van der Waals surface area contributed by atoms with Crippen LogP contribution in [0.4, 0.5) is 15.8 Å². The van der Waals surface area contributed by atoms with Gasteiger partial charge in [-0.05, 0) is 48.5 Å². The van der Waals surface area contributed by atoms with Gasteiger partial charge in [0.2, 0.25) is 5.91 Å². The number of nitrogens with zero attached hydrogens (tertiary/aromatic N) is 2. The molecule has 4 rings (SSSR count). The Morgan fingerprint density at radius 1 is 1.12 bits per heavy atom. The van der Waals surface area contributed by atoms with Gasteiger partial charge in [-0.3, -0.25) is 24.3 Å². The second-order valence-corrected chi connectivity index (χ2v) is 7.50. The number of carbonyl (C=O) groups is 3. The molecule has 0 spiro atoms. The van der Waals surface area contributed by atoms with E-state index in [1.807, 2.05) is 0 Å². The lowest BCUT2D eigenvalue weighted by Crippen LogP contribution is -2.30. The Labute approximate surface area is 194 Å². The van der Waals surface area contributed by atoms with Crippen molar-refractivity contribution in [3.63, 3.8) is 0 Å². The first-order valence-electron chi connectivity index (χ1n) is 10.2. The Kier molecular flexibility index (Phi) is 6.09. The molecule has 34 heavy (non-hydrogen) atoms. The van der Waals surface area contributed by atoms with Gasteiger partial charge in [-0.15, -0.1) is 0 Å². The Bertz CT molecular complexity index is 1320. The summed E-state index contributed by atoms with van der Waals surface area (Å²) in [4.78, 5) is 43.4. The number of benzene rings is 2. The van der Waals surface area contributed by atoms with E-state index in [4.69, 9.17) is 4.74 Å². The molecule has 1 atom stereocenters. The van der Waals surface area contributed by atoms with Gasteiger partial charge in [0.05, 0.1) is 23.9 Å². The maximum Gasteiger partial charge on any atom is 0.300 e. The van der Waals surface area contributed by atoms with E-state index in [1.165, 1.54) is 37.3 Å². The van der Waals surface area contributed by atoms with E-state index >= 15 is 0 Å². The fourth-order valence-corrected chi connectivity index (χ4v) is 3.86. The summed E-state index contributed by atoms with van der Waals surface area (Å²) >= 11 is 0. The third-order valence-electron chi connectivity index (χ3n) is 5.27. The van der Waals surface area contributed by atoms with Crippen LogP contribution < -0.4 is 15.0 Å². The number of methoxy groups -OCH3 is 1. The number of ether oxygens (including phenoxy) is 1. The monoisotopic (exact) mass is 461 g/mol. The average molecular weight is 461 g/mol. The number of aliphatic hydroxyl groups excluding tert-OH is 1. The van der Waals surface area contributed by atoms with Crippen LogP contribution in [0.15, 0.2) is 72.4 Å². The highest BCUT2D eigenvalue weighted by atomic mass is 19.1. The summed E-state index contributed by atoms with van der Waals surface area (Å²) in [6.45, 7) is 1.35. The van der Waals surface area contributed by atoms with Crippen LogP contribution in [-0.2, 0) is 14.4 Å². The van der Waals surface area contributed by atoms with Crippen molar-refractivity contribution in [1.29, 1.82) is 0 Å². The summed E-state index contributed by atoms with van der Waals surface area (Å²) < 4.78 is 19.2. The standard InChI is InChI=1S/C25H20FN3O5/c1-14(30)28-16-6-5-7-17(13-16)29-22(19-8-3-4-11-27-19)21(24(32)25(29)33)23(31)18-12-15(26)9-10-20(18)34-2/h3-13,22,31H,1-2H3,(H,28,30)/b23-21+. The third-order valence-corrected chi connectivity index (χ3v) is 5.27. The van der Waals surface area contributed by atoms with Gasteiger partial charge in [-0.1, -0.05) is 12.1 Å². The molecule has 2 heterocycles. The minimum absolute atomic E-state index is 0.0755. The van der Waals surface area contributed by atoms with Crippen molar-refractivity contribution >= 4 is 34.7 Å². The number of rotatable bonds is 5. The number of hydrogen-bond donors (Lipinski definition) is 2. The second kappa shape index (κ2) is 9.14. The molecule has 1 fully saturated rings. The molecule has 1 aliphatic rings. The van der Waals surface area contributed by atoms with Gasteiger partial charge >= 0.3 is 0 Å². The zero-order valence-corrected chi connectivity index (χ0v) is 18.3. The van der Waals surface area contributed by atoms with E-state index in [-0.39, 0.29) is 22.8 Å². The van der Waals surface area contributed by atoms with Crippen LogP contribution in [0.3, 0.4) is 0 Å². The summed E-state index contributed by atoms with van der Waals surface area (Å²) in [6.07, 6.45) is 1.49. The second-order valence-electron chi connectivity index (χ2n) is 7.50. The molecule has 0 bridgehead atoms. The number of carbonyl (C=O) groups excluding carboxylic acids is 3. The lowest BCUT2D eigenvalue weighted by molar-refractivity contribution is -0.132. The van der Waals surface area contributed by atoms with Gasteiger partial charge in [0, 0.05) is 24.5 Å². The number of pyridine rings is 1. The molecule has 1 unspecified atom stereocenters. The molecule has 2 amide bonds. The Balaban J connectivity index is 1.94. The van der Waals surface area contributed by atoms with Gasteiger partial charge < -0.3 is 15.2 Å². The van der Waals surface area contributed by atoms with Crippen LogP contribution in [0.1, 0.15) is 24.2 Å². The lowest BCUT2D eigenvalue weighted by Gasteiger charge is -2.25. The first kappa shape index (κ1) is 22.7. The summed E-state index contributed by atoms with van der Waals surface area (Å²) in [6, 6.07) is 13.7. The van der Waals surface area contributed by atoms with Gasteiger partial charge in [0.1, 0.15) is 23.4 Å². The fraction of sp³-hybridized carbons (Fsp3) is 0.120. The van der Waals surface area contributed by atoms with Gasteiger partial charge in [0.15, 0.2) is 0 Å². The summed E-state index contributed by atoms with van der Waals surface area (Å²) in [7, 11) is 1.34. The fourth-order valence-electron chi connectivity index (χ4n) is 3.86. The van der Waals surface area contributed by atoms with Crippen molar-refractivity contribution < 1.29 is 28.6 Å². The number of halogens is 1. The van der Waals surface area contributed by atoms with Crippen LogP contribution in [0.5, 0.6) is 5.75 Å². The molecule has 172 valence electrons. The van der Waals surface area contributed by atoms with Crippen molar-refractivity contribution in [3.05, 3.63) is 89.5 Å². The molecule has 1 saturated heterocycles. The predicted molar refractivity (Wildman–Crippen MR) is 123 cm³/mol. The predicted octanol–water partition coefficient (Wildman–Crippen LogP) is 3.81. The van der Waals surface area contributed by atoms with E-state index in [2.05, 4.69) is 10.3 Å². The Morgan fingerprint density at radius 3 is 2.59 bits per heavy atom. The van der Waals surface area contributed by atoms with Crippen LogP contribution in [-0.4, -0.2) is 34.8 Å². The Morgan fingerprint density at radius 2 is 1.91 bits per heavy atom. The lowest BCUT2D eigenvalue weighted by atomic mass is 9.97. The number of Topliss-reactive ketones (excluding diaryl/α,β-unsaturated/α-hetero) is 1. The molecule has 8 nitrogen and oxygen atoms in total. The zero-order chi connectivity index (χ0) is 24.4. The van der Waals surface area contributed by atoms with Crippen molar-refractivity contribution in [2.75, 3.05) is 17.3 Å². The molecular weight excluding hydrogens is 441 g/mol. The van der Waals surface area contributed by atoms with E-state index < -0.39 is 29.3 Å². The van der Waals surface area contributed by atoms with Gasteiger partial charge in [-0.2, -0.15) is 0 Å². The number of amides is 2. The Hall–Kier alpha value is -4.53. The number of ketones is 1. The maximum absolute atomic E-state index is 14.0. The molecule has 0 radical (unpaired) electrons. The molecule has 9 heteroatoms. The molecule has 3 aromatic rings. The van der Waals surface area contributed by atoms with Crippen molar-refractivity contribution in [1.82, 2.24) is 4.98 Å². The molecule has 2 aromatic carbocycles. The quantitative estimate of drug-likeness (QED) is 0.340. The minimum atomic E-state index is -1.11. The first-order valence-corrected chi connectivity index (χ1v) is 10.2. The van der Waals surface area contributed by atoms with Crippen molar-refractivity contribution in [2.24, 2.45) is 0 Å². The molecule has 2 N–H and O–H groups in total. The van der Waals surface area contributed by atoms with Crippen LogP contribution in [0, 0.1) is 5.82 Å². The van der Waals surface area contributed by atoms with E-state index in [0.29, 0.717) is 17.1 Å². The summed E-state index contributed by atoms with van der Waals surface area (Å²) in [5.41, 5.74) is 0.683. The minimum Gasteiger partial charge on any atom is -0.507 e. The molecular formula is C25H20FN3O5. The summed E-state index contributed by atoms with van der Waals surface area (Å²) in [5, 5.41) is 13.8. The highest BCUT2D eigenvalue weighted by Crippen LogP contribution is 2.43. The highest BCUT2D eigenvalue weighted by Gasteiger charge is 2.48. The van der Waals surface area contributed by atoms with Crippen molar-refractivity contribution in [2.45, 2.75) is 13.0 Å². The van der Waals surface area contributed by atoms with E-state index in [9.17, 15) is 23.9 Å². The normalized spacial score (nSPS) is 17.0. The highest BCUT2D eigenvalue weighted by molar-refractivity contribution is 6.51. The van der Waals surface area contributed by atoms with Crippen LogP contribution >= 0.6 is 0 Å². The van der Waals surface area contributed by atoms with E-state index in [1.54, 1.807) is 36.4 Å². The SMILES string of the molecule is COc1ccc(F)cc1/C(O)=C1\C(=O)C(=O)N(c2cccc(NC(C)=O)c2)C1c1ccccn1. The molecule has 0 aliphatic carbocycles. The summed E-state index contributed by atoms with van der Waals surface area (Å²) in [5.74, 6) is -3.31. The number of aromatic nitrogens is 1. The van der Waals surface area contributed by atoms with Crippen molar-refractivity contribution in [3.8, 4) is 5.75 Å². The molecule has 1 aromatic heterocycles. The van der Waals surface area contributed by atoms with Gasteiger partial charge in [0.25, 0.3) is 11.7 Å². The molecule has 0 saturated carbocycles. The first-order chi connectivity index (χ1) is 16.3. The molecule has 1 aliphatic heterocycles. The smallest absolute Gasteiger partial charge is 0.300 e. The zero-order valence-electron chi connectivity index (χ0n) is 18.3. The average Bonchev–Trinajstić information content (AvgIpc) is 3.09. The number of hydrogen-bond acceptors (Lipinski definition) is 6.